The van der Waals surface area contributed by atoms with Gasteiger partial charge in [-0.2, -0.15) is 12.6 Å². The molecule has 0 atom stereocenters. The third-order valence-corrected chi connectivity index (χ3v) is 7.34. The van der Waals surface area contributed by atoms with Gasteiger partial charge in [0.1, 0.15) is 11.8 Å². The van der Waals surface area contributed by atoms with Crippen LogP contribution in [0.1, 0.15) is 12.8 Å². The highest BCUT2D eigenvalue weighted by atomic mass is 32.1. The van der Waals surface area contributed by atoms with E-state index < -0.39 is 9.52 Å². The van der Waals surface area contributed by atoms with E-state index in [1.165, 1.54) is 12.5 Å². The zero-order chi connectivity index (χ0) is 17.2. The molecule has 0 saturated heterocycles. The number of nitro groups is 1. The summed E-state index contributed by atoms with van der Waals surface area (Å²) in [7, 11) is 5.93. The summed E-state index contributed by atoms with van der Waals surface area (Å²) >= 11 is 4.12. The molecule has 0 rings (SSSR count). The molecule has 0 bridgehead atoms. The Hall–Kier alpha value is 0.0238. The van der Waals surface area contributed by atoms with E-state index in [0.29, 0.717) is 6.42 Å². The van der Waals surface area contributed by atoms with Crippen molar-refractivity contribution in [3.05, 3.63) is 10.1 Å². The number of methoxy groups -OCH3 is 4. The standard InChI is InChI=1S/C6H15NO4Si.C6H16O2SSi/c1-10-6(11-2)12-5-3-4-7(8)9;1-7-6(8-2)10-5-3-4-9/h6H,3-5,12H2,1-2H3;6,9H,3-5,10H2,1-2H3. The van der Waals surface area contributed by atoms with Crippen molar-refractivity contribution >= 4 is 31.7 Å². The lowest BCUT2D eigenvalue weighted by Gasteiger charge is -2.11. The smallest absolute Gasteiger partial charge is 0.203 e. The van der Waals surface area contributed by atoms with Crippen molar-refractivity contribution in [3.8, 4) is 0 Å². The number of ether oxygens (including phenoxy) is 4. The molecule has 0 aromatic carbocycles. The summed E-state index contributed by atoms with van der Waals surface area (Å²) in [5.41, 5.74) is 0. The normalized spacial score (nSPS) is 11.8. The van der Waals surface area contributed by atoms with Gasteiger partial charge in [-0.1, -0.05) is 12.1 Å². The summed E-state index contributed by atoms with van der Waals surface area (Å²) < 4.78 is 20.1. The Kier molecular flexibility index (Phi) is 21.0. The highest BCUT2D eigenvalue weighted by molar-refractivity contribution is 7.80. The Balaban J connectivity index is 0. The van der Waals surface area contributed by atoms with E-state index in [4.69, 9.17) is 18.9 Å². The molecule has 0 saturated carbocycles. The Morgan fingerprint density at radius 2 is 1.36 bits per heavy atom. The van der Waals surface area contributed by atoms with Crippen LogP contribution in [0, 0.1) is 10.1 Å². The minimum absolute atomic E-state index is 0.0626. The second kappa shape index (κ2) is 19.1. The Bertz CT molecular complexity index is 246. The molecule has 0 aliphatic carbocycles. The summed E-state index contributed by atoms with van der Waals surface area (Å²) in [5.74, 6) is 1.00. The lowest BCUT2D eigenvalue weighted by atomic mass is 10.5. The van der Waals surface area contributed by atoms with E-state index in [-0.39, 0.29) is 32.8 Å². The van der Waals surface area contributed by atoms with Gasteiger partial charge in [-0.15, -0.1) is 0 Å². The van der Waals surface area contributed by atoms with Gasteiger partial charge in [-0.3, -0.25) is 10.1 Å². The first-order chi connectivity index (χ1) is 10.5. The van der Waals surface area contributed by atoms with Crippen molar-refractivity contribution in [2.24, 2.45) is 0 Å². The van der Waals surface area contributed by atoms with Gasteiger partial charge < -0.3 is 18.9 Å². The van der Waals surface area contributed by atoms with Gasteiger partial charge >= 0.3 is 0 Å². The first-order valence-corrected chi connectivity index (χ1v) is 11.7. The van der Waals surface area contributed by atoms with Crippen molar-refractivity contribution in [1.29, 1.82) is 0 Å². The first-order valence-electron chi connectivity index (χ1n) is 7.39. The fraction of sp³-hybridized carbons (Fsp3) is 1.00. The lowest BCUT2D eigenvalue weighted by Crippen LogP contribution is -2.21. The van der Waals surface area contributed by atoms with Crippen LogP contribution in [0.15, 0.2) is 0 Å². The van der Waals surface area contributed by atoms with Crippen LogP contribution < -0.4 is 0 Å². The maximum atomic E-state index is 9.94. The topological polar surface area (TPSA) is 80.1 Å². The van der Waals surface area contributed by atoms with Gasteiger partial charge in [0.05, 0.1) is 19.0 Å². The van der Waals surface area contributed by atoms with E-state index in [1.807, 2.05) is 0 Å². The first kappa shape index (κ1) is 24.3. The number of hydrogen-bond acceptors (Lipinski definition) is 7. The quantitative estimate of drug-likeness (QED) is 0.125. The highest BCUT2D eigenvalue weighted by Crippen LogP contribution is 1.97. The molecule has 22 heavy (non-hydrogen) atoms. The van der Waals surface area contributed by atoms with Crippen LogP contribution in [0.25, 0.3) is 0 Å². The van der Waals surface area contributed by atoms with Crippen LogP contribution in [-0.4, -0.2) is 76.5 Å². The summed E-state index contributed by atoms with van der Waals surface area (Å²) in [6.07, 6.45) is 1.83. The molecule has 0 aliphatic heterocycles. The second-order valence-electron chi connectivity index (χ2n) is 4.57. The number of nitrogens with zero attached hydrogens (tertiary/aromatic N) is 1. The van der Waals surface area contributed by atoms with E-state index in [0.717, 1.165) is 11.8 Å². The van der Waals surface area contributed by atoms with Crippen molar-refractivity contribution in [1.82, 2.24) is 0 Å². The Labute approximate surface area is 143 Å². The molecule has 0 amide bonds. The van der Waals surface area contributed by atoms with E-state index in [1.54, 1.807) is 28.4 Å². The largest absolute Gasteiger partial charge is 0.360 e. The summed E-state index contributed by atoms with van der Waals surface area (Å²) in [6.45, 7) is 0.0626. The number of rotatable bonds is 13. The van der Waals surface area contributed by atoms with Crippen LogP contribution in [0.4, 0.5) is 0 Å². The fourth-order valence-corrected chi connectivity index (χ4v) is 4.94. The predicted octanol–water partition coefficient (Wildman–Crippen LogP) is 0.286. The van der Waals surface area contributed by atoms with E-state index >= 15 is 0 Å². The third-order valence-electron chi connectivity index (χ3n) is 2.93. The van der Waals surface area contributed by atoms with Gasteiger partial charge in [0.2, 0.25) is 6.54 Å². The second-order valence-corrected chi connectivity index (χ2v) is 8.92. The zero-order valence-corrected chi connectivity index (χ0v) is 17.9. The van der Waals surface area contributed by atoms with E-state index in [9.17, 15) is 10.1 Å². The molecule has 0 spiro atoms. The average molecular weight is 374 g/mol. The molecule has 10 heteroatoms. The Morgan fingerprint density at radius 1 is 0.955 bits per heavy atom. The van der Waals surface area contributed by atoms with Crippen LogP contribution in [0.3, 0.4) is 0 Å². The molecule has 0 aliphatic rings. The molecule has 0 aromatic heterocycles. The van der Waals surface area contributed by atoms with Crippen LogP contribution >= 0.6 is 12.6 Å². The fourth-order valence-electron chi connectivity index (χ4n) is 1.64. The Morgan fingerprint density at radius 3 is 1.68 bits per heavy atom. The summed E-state index contributed by atoms with van der Waals surface area (Å²) in [5, 5.41) is 9.94. The monoisotopic (exact) mass is 373 g/mol. The van der Waals surface area contributed by atoms with Crippen LogP contribution in [-0.2, 0) is 18.9 Å². The summed E-state index contributed by atoms with van der Waals surface area (Å²) in [4.78, 5) is 9.65. The minimum atomic E-state index is -0.467. The van der Waals surface area contributed by atoms with Crippen molar-refractivity contribution < 1.29 is 23.9 Å². The molecule has 0 N–H and O–H groups in total. The van der Waals surface area contributed by atoms with Gasteiger partial charge in [0.25, 0.3) is 0 Å². The summed E-state index contributed by atoms with van der Waals surface area (Å²) in [6, 6.07) is 2.16. The zero-order valence-electron chi connectivity index (χ0n) is 14.2. The van der Waals surface area contributed by atoms with Gasteiger partial charge in [0.15, 0.2) is 0 Å². The number of thiol groups is 1. The molecule has 0 unspecified atom stereocenters. The highest BCUT2D eigenvalue weighted by Gasteiger charge is 2.06. The van der Waals surface area contributed by atoms with Gasteiger partial charge in [-0.05, 0) is 12.2 Å². The minimum Gasteiger partial charge on any atom is -0.360 e. The van der Waals surface area contributed by atoms with Gasteiger partial charge in [0, 0.05) is 39.8 Å². The van der Waals surface area contributed by atoms with Crippen molar-refractivity contribution in [2.75, 3.05) is 40.7 Å². The molecule has 0 heterocycles. The molecular weight excluding hydrogens is 342 g/mol. The average Bonchev–Trinajstić information content (AvgIpc) is 2.52. The molecule has 7 nitrogen and oxygen atoms in total. The SMILES string of the molecule is COC(OC)[SiH2]CCCS.COC(OC)[SiH2]CCC[N+](=O)[O-]. The number of hydrogen-bond donors (Lipinski definition) is 1. The van der Waals surface area contributed by atoms with Crippen molar-refractivity contribution in [2.45, 2.75) is 36.8 Å². The molecule has 0 radical (unpaired) electrons. The molecule has 0 fully saturated rings. The third kappa shape index (κ3) is 18.1. The van der Waals surface area contributed by atoms with E-state index in [2.05, 4.69) is 12.6 Å². The predicted molar refractivity (Wildman–Crippen MR) is 97.3 cm³/mol. The van der Waals surface area contributed by atoms with Crippen molar-refractivity contribution in [3.63, 3.8) is 0 Å². The maximum absolute atomic E-state index is 9.94. The van der Waals surface area contributed by atoms with Gasteiger partial charge in [-0.25, -0.2) is 0 Å². The van der Waals surface area contributed by atoms with Crippen LogP contribution in [0.5, 0.6) is 0 Å². The lowest BCUT2D eigenvalue weighted by molar-refractivity contribution is -0.479. The molecule has 134 valence electrons. The molecule has 0 aromatic rings. The molecular formula is C12H31NO6SSi2. The maximum Gasteiger partial charge on any atom is 0.203 e. The van der Waals surface area contributed by atoms with Crippen LogP contribution in [0.2, 0.25) is 12.1 Å².